The molecule has 0 aromatic heterocycles. The van der Waals surface area contributed by atoms with Gasteiger partial charge in [0, 0.05) is 12.3 Å². The third kappa shape index (κ3) is 3.58. The van der Waals surface area contributed by atoms with Crippen molar-refractivity contribution < 1.29 is 9.59 Å². The molecule has 18 heavy (non-hydrogen) atoms. The first-order valence-electron chi connectivity index (χ1n) is 6.30. The maximum atomic E-state index is 11.6. The first kappa shape index (κ1) is 12.6. The van der Waals surface area contributed by atoms with Crippen LogP contribution in [0.4, 0.5) is 0 Å². The van der Waals surface area contributed by atoms with Crippen molar-refractivity contribution in [2.24, 2.45) is 5.92 Å². The van der Waals surface area contributed by atoms with E-state index in [0.717, 1.165) is 18.4 Å². The zero-order valence-electron chi connectivity index (χ0n) is 10.5. The molecule has 0 bridgehead atoms. The fourth-order valence-corrected chi connectivity index (χ4v) is 1.81. The monoisotopic (exact) mass is 246 g/mol. The summed E-state index contributed by atoms with van der Waals surface area (Å²) < 4.78 is 0. The Bertz CT molecular complexity index is 427. The first-order valence-corrected chi connectivity index (χ1v) is 6.30. The number of carbonyl (C=O) groups excluding carboxylic acids is 2. The fourth-order valence-electron chi connectivity index (χ4n) is 1.81. The van der Waals surface area contributed by atoms with E-state index in [4.69, 9.17) is 0 Å². The molecule has 4 heteroatoms. The second-order valence-corrected chi connectivity index (χ2v) is 4.83. The molecule has 4 nitrogen and oxygen atoms in total. The molecule has 1 atom stereocenters. The van der Waals surface area contributed by atoms with Crippen LogP contribution in [-0.2, 0) is 9.59 Å². The van der Waals surface area contributed by atoms with Crippen molar-refractivity contribution in [3.63, 3.8) is 0 Å². The molecule has 1 saturated carbocycles. The highest BCUT2D eigenvalue weighted by Gasteiger charge is 2.29. The summed E-state index contributed by atoms with van der Waals surface area (Å²) in [5, 5.41) is 0. The minimum absolute atomic E-state index is 0.0734. The quantitative estimate of drug-likeness (QED) is 0.795. The van der Waals surface area contributed by atoms with E-state index >= 15 is 0 Å². The Morgan fingerprint density at radius 1 is 1.22 bits per heavy atom. The van der Waals surface area contributed by atoms with E-state index in [2.05, 4.69) is 10.9 Å². The van der Waals surface area contributed by atoms with E-state index in [1.165, 1.54) is 0 Å². The van der Waals surface area contributed by atoms with Crippen molar-refractivity contribution >= 4 is 11.8 Å². The molecule has 1 aromatic carbocycles. The number of nitrogens with one attached hydrogen (secondary N) is 2. The smallest absolute Gasteiger partial charge is 0.241 e. The summed E-state index contributed by atoms with van der Waals surface area (Å²) in [6.07, 6.45) is 2.24. The summed E-state index contributed by atoms with van der Waals surface area (Å²) in [6, 6.07) is 9.87. The van der Waals surface area contributed by atoms with Crippen LogP contribution in [0.1, 0.15) is 37.7 Å². The van der Waals surface area contributed by atoms with Crippen LogP contribution >= 0.6 is 0 Å². The number of hydrogen-bond donors (Lipinski definition) is 2. The van der Waals surface area contributed by atoms with E-state index in [0.29, 0.717) is 6.42 Å². The van der Waals surface area contributed by atoms with Crippen molar-refractivity contribution in [3.8, 4) is 0 Å². The van der Waals surface area contributed by atoms with Crippen LogP contribution in [0.2, 0.25) is 0 Å². The van der Waals surface area contributed by atoms with Gasteiger partial charge >= 0.3 is 0 Å². The van der Waals surface area contributed by atoms with Gasteiger partial charge in [-0.2, -0.15) is 0 Å². The number of amides is 2. The number of carbonyl (C=O) groups is 2. The minimum Gasteiger partial charge on any atom is -0.273 e. The molecule has 0 radical (unpaired) electrons. The molecule has 0 saturated heterocycles. The summed E-state index contributed by atoms with van der Waals surface area (Å²) in [6.45, 7) is 2.00. The molecule has 1 aliphatic carbocycles. The second-order valence-electron chi connectivity index (χ2n) is 4.83. The number of hydrazine groups is 1. The lowest BCUT2D eigenvalue weighted by atomic mass is 9.98. The summed E-state index contributed by atoms with van der Waals surface area (Å²) >= 11 is 0. The Morgan fingerprint density at radius 3 is 2.50 bits per heavy atom. The lowest BCUT2D eigenvalue weighted by molar-refractivity contribution is -0.129. The maximum absolute atomic E-state index is 11.6. The molecular formula is C14H18N2O2. The topological polar surface area (TPSA) is 58.2 Å². The maximum Gasteiger partial charge on any atom is 0.241 e. The van der Waals surface area contributed by atoms with Crippen molar-refractivity contribution in [3.05, 3.63) is 35.9 Å². The highest BCUT2D eigenvalue weighted by Crippen LogP contribution is 2.28. The largest absolute Gasteiger partial charge is 0.273 e. The van der Waals surface area contributed by atoms with Crippen molar-refractivity contribution in [1.82, 2.24) is 10.9 Å². The zero-order valence-corrected chi connectivity index (χ0v) is 10.5. The van der Waals surface area contributed by atoms with Crippen LogP contribution in [0.15, 0.2) is 30.3 Å². The van der Waals surface area contributed by atoms with Gasteiger partial charge < -0.3 is 0 Å². The molecule has 2 rings (SSSR count). The Balaban J connectivity index is 1.75. The van der Waals surface area contributed by atoms with Crippen LogP contribution in [0.3, 0.4) is 0 Å². The number of rotatable bonds is 4. The van der Waals surface area contributed by atoms with Crippen LogP contribution < -0.4 is 10.9 Å². The second kappa shape index (κ2) is 5.67. The third-order valence-electron chi connectivity index (χ3n) is 3.13. The normalized spacial score (nSPS) is 15.8. The van der Waals surface area contributed by atoms with Crippen LogP contribution in [0.25, 0.3) is 0 Å². The molecule has 96 valence electrons. The molecule has 0 spiro atoms. The Kier molecular flexibility index (Phi) is 3.97. The predicted octanol–water partition coefficient (Wildman–Crippen LogP) is 1.74. The summed E-state index contributed by atoms with van der Waals surface area (Å²) in [5.41, 5.74) is 6.05. The van der Waals surface area contributed by atoms with Crippen molar-refractivity contribution in [1.29, 1.82) is 0 Å². The minimum atomic E-state index is -0.152. The van der Waals surface area contributed by atoms with Crippen LogP contribution in [-0.4, -0.2) is 11.8 Å². The SMILES string of the molecule is CC(CC(=O)NNC(=O)C1CC1)c1ccccc1. The summed E-state index contributed by atoms with van der Waals surface area (Å²) in [7, 11) is 0. The van der Waals surface area contributed by atoms with Gasteiger partial charge in [0.1, 0.15) is 0 Å². The Morgan fingerprint density at radius 2 is 1.89 bits per heavy atom. The first-order chi connectivity index (χ1) is 8.66. The average Bonchev–Trinajstić information content (AvgIpc) is 3.21. The third-order valence-corrected chi connectivity index (χ3v) is 3.13. The fraction of sp³-hybridized carbons (Fsp3) is 0.429. The van der Waals surface area contributed by atoms with Crippen LogP contribution in [0, 0.1) is 5.92 Å². The zero-order chi connectivity index (χ0) is 13.0. The highest BCUT2D eigenvalue weighted by molar-refractivity contribution is 5.84. The highest BCUT2D eigenvalue weighted by atomic mass is 16.2. The Hall–Kier alpha value is -1.84. The average molecular weight is 246 g/mol. The summed E-state index contributed by atoms with van der Waals surface area (Å²) in [4.78, 5) is 23.0. The molecule has 1 unspecified atom stereocenters. The molecule has 1 fully saturated rings. The molecule has 1 aromatic rings. The van der Waals surface area contributed by atoms with Gasteiger partial charge in [-0.15, -0.1) is 0 Å². The molecule has 0 heterocycles. The summed E-state index contributed by atoms with van der Waals surface area (Å²) in [5.74, 6) is 0.0249. The molecular weight excluding hydrogens is 228 g/mol. The van der Waals surface area contributed by atoms with Gasteiger partial charge in [-0.05, 0) is 24.3 Å². The van der Waals surface area contributed by atoms with Gasteiger partial charge in [0.25, 0.3) is 0 Å². The van der Waals surface area contributed by atoms with Gasteiger partial charge in [-0.3, -0.25) is 20.4 Å². The lowest BCUT2D eigenvalue weighted by Gasteiger charge is -2.12. The standard InChI is InChI=1S/C14H18N2O2/c1-10(11-5-3-2-4-6-11)9-13(17)15-16-14(18)12-7-8-12/h2-6,10,12H,7-9H2,1H3,(H,15,17)(H,16,18). The van der Waals surface area contributed by atoms with Gasteiger partial charge in [-0.25, -0.2) is 0 Å². The van der Waals surface area contributed by atoms with Gasteiger partial charge in [-0.1, -0.05) is 37.3 Å². The van der Waals surface area contributed by atoms with E-state index < -0.39 is 0 Å². The van der Waals surface area contributed by atoms with Gasteiger partial charge in [0.15, 0.2) is 0 Å². The van der Waals surface area contributed by atoms with Crippen molar-refractivity contribution in [2.45, 2.75) is 32.1 Å². The molecule has 0 aliphatic heterocycles. The lowest BCUT2D eigenvalue weighted by Crippen LogP contribution is -2.42. The van der Waals surface area contributed by atoms with E-state index in [-0.39, 0.29) is 23.7 Å². The predicted molar refractivity (Wildman–Crippen MR) is 68.5 cm³/mol. The molecule has 2 N–H and O–H groups in total. The molecule has 2 amide bonds. The van der Waals surface area contributed by atoms with E-state index in [9.17, 15) is 9.59 Å². The number of hydrogen-bond acceptors (Lipinski definition) is 2. The molecule has 1 aliphatic rings. The van der Waals surface area contributed by atoms with E-state index in [1.807, 2.05) is 37.3 Å². The van der Waals surface area contributed by atoms with Crippen molar-refractivity contribution in [2.75, 3.05) is 0 Å². The van der Waals surface area contributed by atoms with E-state index in [1.54, 1.807) is 0 Å². The Labute approximate surface area is 107 Å². The van der Waals surface area contributed by atoms with Gasteiger partial charge in [0.05, 0.1) is 0 Å². The van der Waals surface area contributed by atoms with Gasteiger partial charge in [0.2, 0.25) is 11.8 Å². The number of benzene rings is 1. The van der Waals surface area contributed by atoms with Crippen LogP contribution in [0.5, 0.6) is 0 Å².